The lowest BCUT2D eigenvalue weighted by Crippen LogP contribution is -2.26. The molecule has 0 radical (unpaired) electrons. The molecule has 1 aromatic heterocycles. The number of hydrogen-bond acceptors (Lipinski definition) is 4. The van der Waals surface area contributed by atoms with Gasteiger partial charge < -0.3 is 10.2 Å². The van der Waals surface area contributed by atoms with Crippen LogP contribution in [0.2, 0.25) is 0 Å². The van der Waals surface area contributed by atoms with Gasteiger partial charge in [0.1, 0.15) is 5.69 Å². The lowest BCUT2D eigenvalue weighted by molar-refractivity contribution is 0.0940. The summed E-state index contributed by atoms with van der Waals surface area (Å²) >= 11 is 0. The number of carbonyl (C=O) groups excluding carboxylic acids is 1. The maximum absolute atomic E-state index is 12.6. The first-order valence-electron chi connectivity index (χ1n) is 9.48. The minimum atomic E-state index is -0.0920. The summed E-state index contributed by atoms with van der Waals surface area (Å²) in [5, 5.41) is 3.06. The molecule has 1 unspecified atom stereocenters. The van der Waals surface area contributed by atoms with E-state index in [9.17, 15) is 4.79 Å². The largest absolute Gasteiger partial charge is 0.361 e. The van der Waals surface area contributed by atoms with E-state index in [-0.39, 0.29) is 11.9 Å². The average molecular weight is 374 g/mol. The van der Waals surface area contributed by atoms with Crippen molar-refractivity contribution in [3.63, 3.8) is 0 Å². The van der Waals surface area contributed by atoms with E-state index in [1.165, 1.54) is 5.56 Å². The first-order chi connectivity index (χ1) is 13.5. The molecule has 0 bridgehead atoms. The highest BCUT2D eigenvalue weighted by Gasteiger charge is 2.13. The molecule has 0 aliphatic carbocycles. The van der Waals surface area contributed by atoms with Crippen LogP contribution in [-0.2, 0) is 6.42 Å². The van der Waals surface area contributed by atoms with Crippen LogP contribution in [0.4, 0.5) is 5.82 Å². The molecule has 0 fully saturated rings. The molecule has 5 heteroatoms. The Kier molecular flexibility index (Phi) is 6.04. The molecule has 3 aromatic rings. The summed E-state index contributed by atoms with van der Waals surface area (Å²) in [6.45, 7) is 4.13. The zero-order chi connectivity index (χ0) is 20.1. The Morgan fingerprint density at radius 2 is 1.64 bits per heavy atom. The summed E-state index contributed by atoms with van der Waals surface area (Å²) < 4.78 is 0. The summed E-state index contributed by atoms with van der Waals surface area (Å²) in [7, 11) is 3.87. The Hall–Kier alpha value is -3.21. The molecule has 1 N–H and O–H groups in total. The molecule has 28 heavy (non-hydrogen) atoms. The zero-order valence-electron chi connectivity index (χ0n) is 16.8. The van der Waals surface area contributed by atoms with Crippen LogP contribution in [0.25, 0.3) is 11.3 Å². The standard InChI is InChI=1S/C23H26N4O/c1-5-17-6-8-18(9-7-17)16(2)26-23(28)20-12-10-19(11-13-20)21-22(27(3)4)25-15-14-24-21/h6-16H,5H2,1-4H3,(H,26,28). The van der Waals surface area contributed by atoms with Gasteiger partial charge >= 0.3 is 0 Å². The highest BCUT2D eigenvalue weighted by Crippen LogP contribution is 2.25. The van der Waals surface area contributed by atoms with Gasteiger partial charge in [0.25, 0.3) is 5.91 Å². The van der Waals surface area contributed by atoms with Crippen molar-refractivity contribution in [1.29, 1.82) is 0 Å². The number of hydrogen-bond donors (Lipinski definition) is 1. The third kappa shape index (κ3) is 4.36. The molecule has 0 aliphatic heterocycles. The second kappa shape index (κ2) is 8.65. The summed E-state index contributed by atoms with van der Waals surface area (Å²) in [5.41, 5.74) is 4.73. The van der Waals surface area contributed by atoms with Gasteiger partial charge in [-0.05, 0) is 36.6 Å². The summed E-state index contributed by atoms with van der Waals surface area (Å²) in [5.74, 6) is 0.703. The Labute approximate surface area is 166 Å². The maximum atomic E-state index is 12.6. The van der Waals surface area contributed by atoms with Crippen LogP contribution >= 0.6 is 0 Å². The van der Waals surface area contributed by atoms with E-state index in [1.807, 2.05) is 50.2 Å². The minimum Gasteiger partial charge on any atom is -0.361 e. The van der Waals surface area contributed by atoms with Gasteiger partial charge in [-0.15, -0.1) is 0 Å². The quantitative estimate of drug-likeness (QED) is 0.700. The smallest absolute Gasteiger partial charge is 0.251 e. The fraction of sp³-hybridized carbons (Fsp3) is 0.261. The van der Waals surface area contributed by atoms with Crippen molar-refractivity contribution in [1.82, 2.24) is 15.3 Å². The number of rotatable bonds is 6. The normalized spacial score (nSPS) is 11.7. The number of amides is 1. The Balaban J connectivity index is 1.73. The van der Waals surface area contributed by atoms with E-state index in [0.29, 0.717) is 5.56 Å². The van der Waals surface area contributed by atoms with E-state index in [0.717, 1.165) is 29.1 Å². The van der Waals surface area contributed by atoms with E-state index in [1.54, 1.807) is 12.4 Å². The highest BCUT2D eigenvalue weighted by molar-refractivity contribution is 5.95. The predicted octanol–water partition coefficient (Wildman–Crippen LogP) is 4.26. The lowest BCUT2D eigenvalue weighted by atomic mass is 10.0. The van der Waals surface area contributed by atoms with Crippen LogP contribution in [0.5, 0.6) is 0 Å². The van der Waals surface area contributed by atoms with Crippen molar-refractivity contribution in [3.05, 3.63) is 77.6 Å². The van der Waals surface area contributed by atoms with Crippen LogP contribution in [0.3, 0.4) is 0 Å². The molecule has 0 saturated heterocycles. The molecule has 3 rings (SSSR count). The van der Waals surface area contributed by atoms with E-state index >= 15 is 0 Å². The molecular formula is C23H26N4O. The van der Waals surface area contributed by atoms with Crippen molar-refractivity contribution in [3.8, 4) is 11.3 Å². The van der Waals surface area contributed by atoms with Gasteiger partial charge in [0.05, 0.1) is 6.04 Å². The van der Waals surface area contributed by atoms with Gasteiger partial charge in [0.15, 0.2) is 5.82 Å². The second-order valence-electron chi connectivity index (χ2n) is 6.99. The van der Waals surface area contributed by atoms with E-state index in [4.69, 9.17) is 0 Å². The topological polar surface area (TPSA) is 58.1 Å². The molecular weight excluding hydrogens is 348 g/mol. The fourth-order valence-electron chi connectivity index (χ4n) is 3.05. The monoisotopic (exact) mass is 374 g/mol. The van der Waals surface area contributed by atoms with E-state index in [2.05, 4.69) is 46.5 Å². The van der Waals surface area contributed by atoms with Gasteiger partial charge in [-0.2, -0.15) is 0 Å². The summed E-state index contributed by atoms with van der Waals surface area (Å²) in [4.78, 5) is 23.4. The number of carbonyl (C=O) groups is 1. The number of aryl methyl sites for hydroxylation is 1. The maximum Gasteiger partial charge on any atom is 0.251 e. The van der Waals surface area contributed by atoms with Crippen molar-refractivity contribution in [2.45, 2.75) is 26.3 Å². The number of anilines is 1. The molecule has 1 amide bonds. The molecule has 144 valence electrons. The zero-order valence-corrected chi connectivity index (χ0v) is 16.8. The molecule has 0 saturated carbocycles. The van der Waals surface area contributed by atoms with Crippen LogP contribution in [0.1, 0.15) is 41.4 Å². The third-order valence-corrected chi connectivity index (χ3v) is 4.76. The first-order valence-corrected chi connectivity index (χ1v) is 9.48. The lowest BCUT2D eigenvalue weighted by Gasteiger charge is -2.16. The van der Waals surface area contributed by atoms with Crippen molar-refractivity contribution >= 4 is 11.7 Å². The molecule has 0 spiro atoms. The number of nitrogens with zero attached hydrogens (tertiary/aromatic N) is 3. The van der Waals surface area contributed by atoms with Crippen LogP contribution in [0.15, 0.2) is 60.9 Å². The summed E-state index contributed by atoms with van der Waals surface area (Å²) in [6, 6.07) is 15.8. The SMILES string of the molecule is CCc1ccc(C(C)NC(=O)c2ccc(-c3nccnc3N(C)C)cc2)cc1. The number of aromatic nitrogens is 2. The molecule has 1 atom stereocenters. The number of benzene rings is 2. The van der Waals surface area contributed by atoms with Gasteiger partial charge in [-0.25, -0.2) is 4.98 Å². The van der Waals surface area contributed by atoms with Crippen LogP contribution in [-0.4, -0.2) is 30.0 Å². The average Bonchev–Trinajstić information content (AvgIpc) is 2.73. The van der Waals surface area contributed by atoms with Gasteiger partial charge in [0.2, 0.25) is 0 Å². The fourth-order valence-corrected chi connectivity index (χ4v) is 3.05. The molecule has 2 aromatic carbocycles. The van der Waals surface area contributed by atoms with Crippen molar-refractivity contribution in [2.75, 3.05) is 19.0 Å². The number of nitrogens with one attached hydrogen (secondary N) is 1. The van der Waals surface area contributed by atoms with E-state index < -0.39 is 0 Å². The van der Waals surface area contributed by atoms with Gasteiger partial charge in [-0.1, -0.05) is 43.3 Å². The highest BCUT2D eigenvalue weighted by atomic mass is 16.1. The Morgan fingerprint density at radius 1 is 1.00 bits per heavy atom. The minimum absolute atomic E-state index is 0.0570. The Bertz CT molecular complexity index is 934. The van der Waals surface area contributed by atoms with Crippen LogP contribution < -0.4 is 10.2 Å². The van der Waals surface area contributed by atoms with Gasteiger partial charge in [-0.3, -0.25) is 9.78 Å². The Morgan fingerprint density at radius 3 is 2.25 bits per heavy atom. The molecule has 1 heterocycles. The third-order valence-electron chi connectivity index (χ3n) is 4.76. The predicted molar refractivity (Wildman–Crippen MR) is 113 cm³/mol. The first kappa shape index (κ1) is 19.5. The molecule has 5 nitrogen and oxygen atoms in total. The summed E-state index contributed by atoms with van der Waals surface area (Å²) in [6.07, 6.45) is 4.36. The van der Waals surface area contributed by atoms with Gasteiger partial charge in [0, 0.05) is 37.6 Å². The molecule has 0 aliphatic rings. The van der Waals surface area contributed by atoms with Crippen molar-refractivity contribution < 1.29 is 4.79 Å². The second-order valence-corrected chi connectivity index (χ2v) is 6.99. The van der Waals surface area contributed by atoms with Crippen LogP contribution in [0, 0.1) is 0 Å². The van der Waals surface area contributed by atoms with Crippen molar-refractivity contribution in [2.24, 2.45) is 0 Å².